The predicted molar refractivity (Wildman–Crippen MR) is 40.1 cm³/mol. The molecule has 0 saturated carbocycles. The van der Waals surface area contributed by atoms with Crippen LogP contribution >= 0.6 is 0 Å². The van der Waals surface area contributed by atoms with E-state index >= 15 is 0 Å². The zero-order chi connectivity index (χ0) is 8.85. The number of nitrogens with zero attached hydrogens (tertiary/aromatic N) is 1. The molecule has 4 heteroatoms. The van der Waals surface area contributed by atoms with Crippen LogP contribution in [-0.4, -0.2) is 4.92 Å². The van der Waals surface area contributed by atoms with Crippen molar-refractivity contribution in [3.63, 3.8) is 0 Å². The van der Waals surface area contributed by atoms with Crippen molar-refractivity contribution in [1.29, 1.82) is 0 Å². The van der Waals surface area contributed by atoms with Gasteiger partial charge in [-0.15, -0.1) is 0 Å². The molecule has 0 aliphatic carbocycles. The summed E-state index contributed by atoms with van der Waals surface area (Å²) in [6.07, 6.45) is 3.20. The smallest absolute Gasteiger partial charge is 0.258 e. The topological polar surface area (TPSA) is 43.1 Å². The second-order valence-corrected chi connectivity index (χ2v) is 1.68. The Kier molecular flexibility index (Phi) is 3.80. The van der Waals surface area contributed by atoms with Gasteiger partial charge in [0.25, 0.3) is 0 Å². The van der Waals surface area contributed by atoms with Crippen molar-refractivity contribution >= 4 is 0 Å². The standard InChI is InChI=1S/C7H8FNO2/c1-3-5-7(9(10)11)6(8)4-2/h3-5H,1H2,2H3/b6-4+,7-5+. The molecule has 0 aromatic carbocycles. The second-order valence-electron chi connectivity index (χ2n) is 1.68. The first-order valence-corrected chi connectivity index (χ1v) is 2.92. The molecule has 0 rings (SSSR count). The Morgan fingerprint density at radius 1 is 1.73 bits per heavy atom. The third-order valence-corrected chi connectivity index (χ3v) is 0.971. The third-order valence-electron chi connectivity index (χ3n) is 0.971. The molecule has 0 heterocycles. The van der Waals surface area contributed by atoms with E-state index in [4.69, 9.17) is 0 Å². The molecular formula is C7H8FNO2. The maximum absolute atomic E-state index is 12.5. The van der Waals surface area contributed by atoms with Crippen LogP contribution in [0.4, 0.5) is 4.39 Å². The maximum atomic E-state index is 12.5. The van der Waals surface area contributed by atoms with Gasteiger partial charge in [-0.1, -0.05) is 12.7 Å². The van der Waals surface area contributed by atoms with Gasteiger partial charge in [-0.2, -0.15) is 4.39 Å². The van der Waals surface area contributed by atoms with Gasteiger partial charge in [0.1, 0.15) is 0 Å². The summed E-state index contributed by atoms with van der Waals surface area (Å²) in [6.45, 7) is 4.61. The van der Waals surface area contributed by atoms with Gasteiger partial charge in [-0.3, -0.25) is 10.1 Å². The normalized spacial score (nSPS) is 12.9. The van der Waals surface area contributed by atoms with Crippen molar-refractivity contribution < 1.29 is 9.31 Å². The Morgan fingerprint density at radius 2 is 2.27 bits per heavy atom. The lowest BCUT2D eigenvalue weighted by atomic mass is 10.3. The molecule has 0 aliphatic heterocycles. The third kappa shape index (κ3) is 2.75. The van der Waals surface area contributed by atoms with E-state index in [0.717, 1.165) is 12.2 Å². The highest BCUT2D eigenvalue weighted by Crippen LogP contribution is 2.11. The van der Waals surface area contributed by atoms with Crippen LogP contribution in [0.25, 0.3) is 0 Å². The largest absolute Gasteiger partial charge is 0.304 e. The van der Waals surface area contributed by atoms with Gasteiger partial charge in [0.15, 0.2) is 5.83 Å². The van der Waals surface area contributed by atoms with Crippen LogP contribution in [0.3, 0.4) is 0 Å². The number of allylic oxidation sites excluding steroid dienone is 4. The van der Waals surface area contributed by atoms with Crippen LogP contribution in [0.1, 0.15) is 6.92 Å². The van der Waals surface area contributed by atoms with Crippen LogP contribution in [0, 0.1) is 10.1 Å². The Labute approximate surface area is 63.7 Å². The van der Waals surface area contributed by atoms with Gasteiger partial charge < -0.3 is 0 Å². The molecule has 0 N–H and O–H groups in total. The Balaban J connectivity index is 4.76. The Morgan fingerprint density at radius 3 is 2.55 bits per heavy atom. The summed E-state index contributed by atoms with van der Waals surface area (Å²) in [4.78, 5) is 9.30. The van der Waals surface area contributed by atoms with Gasteiger partial charge in [0.05, 0.1) is 4.92 Å². The Hall–Kier alpha value is -1.45. The first-order chi connectivity index (χ1) is 5.13. The van der Waals surface area contributed by atoms with Gasteiger partial charge in [-0.05, 0) is 13.0 Å². The number of halogens is 1. The van der Waals surface area contributed by atoms with E-state index in [0.29, 0.717) is 0 Å². The van der Waals surface area contributed by atoms with Crippen molar-refractivity contribution in [3.05, 3.63) is 46.4 Å². The molecule has 60 valence electrons. The molecule has 0 bridgehead atoms. The molecule has 11 heavy (non-hydrogen) atoms. The molecule has 0 saturated heterocycles. The minimum atomic E-state index is -0.852. The molecule has 0 aromatic rings. The average molecular weight is 157 g/mol. The minimum absolute atomic E-state index is 0.567. The summed E-state index contributed by atoms with van der Waals surface area (Å²) in [5.74, 6) is -0.852. The first kappa shape index (κ1) is 9.55. The number of hydrogen-bond donors (Lipinski definition) is 0. The van der Waals surface area contributed by atoms with Crippen LogP contribution < -0.4 is 0 Å². The fraction of sp³-hybridized carbons (Fsp3) is 0.143. The van der Waals surface area contributed by atoms with E-state index in [1.165, 1.54) is 13.0 Å². The minimum Gasteiger partial charge on any atom is -0.258 e. The molecule has 3 nitrogen and oxygen atoms in total. The first-order valence-electron chi connectivity index (χ1n) is 2.92. The van der Waals surface area contributed by atoms with E-state index < -0.39 is 16.4 Å². The van der Waals surface area contributed by atoms with Crippen LogP contribution in [0.15, 0.2) is 36.3 Å². The maximum Gasteiger partial charge on any atom is 0.304 e. The van der Waals surface area contributed by atoms with Gasteiger partial charge in [0, 0.05) is 6.08 Å². The summed E-state index contributed by atoms with van der Waals surface area (Å²) in [6, 6.07) is 0. The predicted octanol–water partition coefficient (Wildman–Crippen LogP) is 2.21. The molecule has 0 spiro atoms. The van der Waals surface area contributed by atoms with Crippen molar-refractivity contribution in [3.8, 4) is 0 Å². The highest BCUT2D eigenvalue weighted by atomic mass is 19.1. The highest BCUT2D eigenvalue weighted by molar-refractivity contribution is 5.21. The van der Waals surface area contributed by atoms with Gasteiger partial charge in [-0.25, -0.2) is 0 Å². The quantitative estimate of drug-likeness (QED) is 0.358. The van der Waals surface area contributed by atoms with E-state index in [1.807, 2.05) is 0 Å². The molecule has 0 fully saturated rings. The zero-order valence-electron chi connectivity index (χ0n) is 6.08. The molecule has 0 amide bonds. The van der Waals surface area contributed by atoms with Gasteiger partial charge in [0.2, 0.25) is 0 Å². The number of nitro groups is 1. The lowest BCUT2D eigenvalue weighted by Crippen LogP contribution is -1.98. The molecule has 0 radical (unpaired) electrons. The van der Waals surface area contributed by atoms with E-state index in [2.05, 4.69) is 6.58 Å². The summed E-state index contributed by atoms with van der Waals surface area (Å²) in [5.41, 5.74) is -0.567. The molecule has 0 aromatic heterocycles. The molecule has 0 aliphatic rings. The van der Waals surface area contributed by atoms with Crippen LogP contribution in [0.2, 0.25) is 0 Å². The second kappa shape index (κ2) is 4.38. The van der Waals surface area contributed by atoms with Crippen molar-refractivity contribution in [2.24, 2.45) is 0 Å². The van der Waals surface area contributed by atoms with E-state index in [9.17, 15) is 14.5 Å². The lowest BCUT2D eigenvalue weighted by molar-refractivity contribution is -0.422. The number of rotatable bonds is 3. The lowest BCUT2D eigenvalue weighted by Gasteiger charge is -1.90. The molecular weight excluding hydrogens is 149 g/mol. The van der Waals surface area contributed by atoms with Crippen molar-refractivity contribution in [2.75, 3.05) is 0 Å². The fourth-order valence-electron chi connectivity index (χ4n) is 0.487. The average Bonchev–Trinajstić information content (AvgIpc) is 1.98. The molecule has 0 atom stereocenters. The zero-order valence-corrected chi connectivity index (χ0v) is 6.08. The summed E-state index contributed by atoms with van der Waals surface area (Å²) in [7, 11) is 0. The Bertz CT molecular complexity index is 231. The number of hydrogen-bond acceptors (Lipinski definition) is 2. The SMILES string of the molecule is C=C/C=C(\C(F)=C/C)[N+](=O)[O-]. The van der Waals surface area contributed by atoms with Crippen LogP contribution in [-0.2, 0) is 0 Å². The van der Waals surface area contributed by atoms with Crippen LogP contribution in [0.5, 0.6) is 0 Å². The summed E-state index contributed by atoms with van der Waals surface area (Å²) >= 11 is 0. The van der Waals surface area contributed by atoms with Crippen molar-refractivity contribution in [1.82, 2.24) is 0 Å². The summed E-state index contributed by atoms with van der Waals surface area (Å²) in [5, 5.41) is 10.1. The van der Waals surface area contributed by atoms with Gasteiger partial charge >= 0.3 is 5.70 Å². The van der Waals surface area contributed by atoms with Crippen molar-refractivity contribution in [2.45, 2.75) is 6.92 Å². The summed E-state index contributed by atoms with van der Waals surface area (Å²) < 4.78 is 12.5. The van der Waals surface area contributed by atoms with E-state index in [1.54, 1.807) is 0 Å². The molecule has 0 unspecified atom stereocenters. The fourth-order valence-corrected chi connectivity index (χ4v) is 0.487. The van der Waals surface area contributed by atoms with E-state index in [-0.39, 0.29) is 0 Å². The highest BCUT2D eigenvalue weighted by Gasteiger charge is 2.14. The monoisotopic (exact) mass is 157 g/mol.